The number of hydrogen-bond donors (Lipinski definition) is 0. The van der Waals surface area contributed by atoms with Gasteiger partial charge in [0.1, 0.15) is 5.75 Å². The normalized spacial score (nSPS) is 11.9. The van der Waals surface area contributed by atoms with Crippen LogP contribution in [0.3, 0.4) is 0 Å². The van der Waals surface area contributed by atoms with Crippen molar-refractivity contribution in [2.45, 2.75) is 19.4 Å². The van der Waals surface area contributed by atoms with Crippen molar-refractivity contribution in [3.8, 4) is 17.2 Å². The van der Waals surface area contributed by atoms with Crippen molar-refractivity contribution in [1.82, 2.24) is 10.2 Å². The predicted octanol–water partition coefficient (Wildman–Crippen LogP) is 4.90. The number of hydrogen-bond acceptors (Lipinski definition) is 6. The third-order valence-corrected chi connectivity index (χ3v) is 4.52. The summed E-state index contributed by atoms with van der Waals surface area (Å²) in [5, 5.41) is 8.76. The van der Waals surface area contributed by atoms with Gasteiger partial charge in [-0.2, -0.15) is 0 Å². The molecule has 0 aliphatic heterocycles. The average molecular weight is 407 g/mol. The maximum atomic E-state index is 12.2. The molecule has 1 aromatic heterocycles. The van der Waals surface area contributed by atoms with Gasteiger partial charge in [0, 0.05) is 21.2 Å². The second-order valence-electron chi connectivity index (χ2n) is 5.68. The number of rotatable bonds is 6. The van der Waals surface area contributed by atoms with Gasteiger partial charge in [-0.25, -0.2) is 0 Å². The van der Waals surface area contributed by atoms with E-state index in [-0.39, 0.29) is 12.3 Å². The summed E-state index contributed by atoms with van der Waals surface area (Å²) in [7, 11) is 1.59. The Hall–Kier alpha value is -2.57. The maximum absolute atomic E-state index is 12.2. The Labute approximate surface area is 166 Å². The van der Waals surface area contributed by atoms with Gasteiger partial charge in [-0.1, -0.05) is 29.3 Å². The molecular weight excluding hydrogens is 391 g/mol. The van der Waals surface area contributed by atoms with E-state index in [9.17, 15) is 4.79 Å². The van der Waals surface area contributed by atoms with E-state index in [1.165, 1.54) is 0 Å². The zero-order valence-corrected chi connectivity index (χ0v) is 16.1. The van der Waals surface area contributed by atoms with Crippen LogP contribution in [-0.2, 0) is 16.0 Å². The van der Waals surface area contributed by atoms with Crippen LogP contribution in [-0.4, -0.2) is 23.3 Å². The van der Waals surface area contributed by atoms with Crippen molar-refractivity contribution in [2.75, 3.05) is 7.11 Å². The van der Waals surface area contributed by atoms with Crippen LogP contribution in [0, 0.1) is 0 Å². The maximum Gasteiger partial charge on any atom is 0.311 e. The van der Waals surface area contributed by atoms with Crippen molar-refractivity contribution in [2.24, 2.45) is 0 Å². The van der Waals surface area contributed by atoms with Gasteiger partial charge >= 0.3 is 5.97 Å². The molecule has 6 nitrogen and oxygen atoms in total. The van der Waals surface area contributed by atoms with Crippen molar-refractivity contribution in [3.05, 3.63) is 64.0 Å². The largest absolute Gasteiger partial charge is 0.497 e. The molecule has 0 saturated carbocycles. The Morgan fingerprint density at radius 3 is 2.41 bits per heavy atom. The molecule has 1 heterocycles. The van der Waals surface area contributed by atoms with Crippen molar-refractivity contribution < 1.29 is 18.7 Å². The van der Waals surface area contributed by atoms with Crippen LogP contribution in [0.4, 0.5) is 0 Å². The van der Waals surface area contributed by atoms with E-state index in [1.807, 2.05) is 0 Å². The number of esters is 1. The molecule has 27 heavy (non-hydrogen) atoms. The molecule has 3 aromatic rings. The highest BCUT2D eigenvalue weighted by Gasteiger charge is 2.20. The fourth-order valence-electron chi connectivity index (χ4n) is 2.38. The zero-order chi connectivity index (χ0) is 19.4. The highest BCUT2D eigenvalue weighted by molar-refractivity contribution is 6.36. The number of methoxy groups -OCH3 is 1. The number of aromatic nitrogens is 2. The fourth-order valence-corrected chi connectivity index (χ4v) is 2.91. The highest BCUT2D eigenvalue weighted by Crippen LogP contribution is 2.27. The summed E-state index contributed by atoms with van der Waals surface area (Å²) in [5.41, 5.74) is 1.25. The quantitative estimate of drug-likeness (QED) is 0.541. The minimum Gasteiger partial charge on any atom is -0.497 e. The molecule has 0 saturated heterocycles. The summed E-state index contributed by atoms with van der Waals surface area (Å²) in [5.74, 6) is 0.741. The van der Waals surface area contributed by atoms with Crippen LogP contribution in [0.15, 0.2) is 46.9 Å². The smallest absolute Gasteiger partial charge is 0.311 e. The molecule has 0 aliphatic carbocycles. The van der Waals surface area contributed by atoms with Gasteiger partial charge < -0.3 is 13.9 Å². The van der Waals surface area contributed by atoms with Gasteiger partial charge in [0.25, 0.3) is 5.89 Å². The van der Waals surface area contributed by atoms with Crippen LogP contribution in [0.5, 0.6) is 5.75 Å². The summed E-state index contributed by atoms with van der Waals surface area (Å²) in [4.78, 5) is 12.2. The lowest BCUT2D eigenvalue weighted by atomic mass is 10.1. The lowest BCUT2D eigenvalue weighted by molar-refractivity contribution is -0.148. The van der Waals surface area contributed by atoms with Gasteiger partial charge in [-0.15, -0.1) is 10.2 Å². The second-order valence-corrected chi connectivity index (χ2v) is 6.50. The average Bonchev–Trinajstić information content (AvgIpc) is 3.15. The molecule has 140 valence electrons. The summed E-state index contributed by atoms with van der Waals surface area (Å²) in [6.07, 6.45) is -0.763. The summed E-state index contributed by atoms with van der Waals surface area (Å²) in [6.45, 7) is 1.65. The Morgan fingerprint density at radius 2 is 1.78 bits per heavy atom. The van der Waals surface area contributed by atoms with Crippen LogP contribution in [0.2, 0.25) is 10.0 Å². The first kappa shape index (κ1) is 19.2. The molecular formula is C19H16Cl2N2O4. The molecule has 0 spiro atoms. The third-order valence-electron chi connectivity index (χ3n) is 3.82. The molecule has 0 N–H and O–H groups in total. The summed E-state index contributed by atoms with van der Waals surface area (Å²) in [6, 6.07) is 12.2. The summed E-state index contributed by atoms with van der Waals surface area (Å²) < 4.78 is 16.1. The van der Waals surface area contributed by atoms with E-state index in [0.29, 0.717) is 21.5 Å². The molecule has 2 aromatic carbocycles. The molecule has 0 amide bonds. The first-order valence-electron chi connectivity index (χ1n) is 8.08. The van der Waals surface area contributed by atoms with Gasteiger partial charge in [-0.05, 0) is 43.3 Å². The van der Waals surface area contributed by atoms with Crippen LogP contribution >= 0.6 is 23.2 Å². The van der Waals surface area contributed by atoms with Crippen molar-refractivity contribution in [1.29, 1.82) is 0 Å². The van der Waals surface area contributed by atoms with Crippen LogP contribution < -0.4 is 4.74 Å². The molecule has 0 unspecified atom stereocenters. The van der Waals surface area contributed by atoms with Gasteiger partial charge in [0.2, 0.25) is 5.89 Å². The topological polar surface area (TPSA) is 74.5 Å². The molecule has 8 heteroatoms. The number of ether oxygens (including phenoxy) is 2. The lowest BCUT2D eigenvalue weighted by Crippen LogP contribution is -2.12. The standard InChI is InChI=1S/C19H16Cl2N2O4/c1-11(26-17(24)10-14-15(20)4-3-5-16(14)21)18-22-23-19(27-18)12-6-8-13(25-2)9-7-12/h3-9,11H,10H2,1-2H3/t11-/m1/s1. The molecule has 0 bridgehead atoms. The predicted molar refractivity (Wildman–Crippen MR) is 101 cm³/mol. The number of carbonyl (C=O) groups is 1. The first-order chi connectivity index (χ1) is 13.0. The zero-order valence-electron chi connectivity index (χ0n) is 14.6. The molecule has 0 aliphatic rings. The first-order valence-corrected chi connectivity index (χ1v) is 8.83. The highest BCUT2D eigenvalue weighted by atomic mass is 35.5. The Morgan fingerprint density at radius 1 is 1.11 bits per heavy atom. The van der Waals surface area contributed by atoms with E-state index in [4.69, 9.17) is 37.1 Å². The Kier molecular flexibility index (Phi) is 5.98. The third kappa shape index (κ3) is 4.59. The van der Waals surface area contributed by atoms with E-state index in [0.717, 1.165) is 11.3 Å². The number of halogens is 2. The van der Waals surface area contributed by atoms with E-state index >= 15 is 0 Å². The van der Waals surface area contributed by atoms with E-state index in [1.54, 1.807) is 56.5 Å². The van der Waals surface area contributed by atoms with Crippen molar-refractivity contribution in [3.63, 3.8) is 0 Å². The second kappa shape index (κ2) is 8.41. The molecule has 3 rings (SSSR count). The lowest BCUT2D eigenvalue weighted by Gasteiger charge is -2.11. The Balaban J connectivity index is 1.66. The number of benzene rings is 2. The molecule has 0 radical (unpaired) electrons. The summed E-state index contributed by atoms with van der Waals surface area (Å²) >= 11 is 12.2. The Bertz CT molecular complexity index is 921. The van der Waals surface area contributed by atoms with Crippen molar-refractivity contribution >= 4 is 29.2 Å². The fraction of sp³-hybridized carbons (Fsp3) is 0.211. The number of nitrogens with zero attached hydrogens (tertiary/aromatic N) is 2. The minimum absolute atomic E-state index is 0.0533. The SMILES string of the molecule is COc1ccc(-c2nnc([C@@H](C)OC(=O)Cc3c(Cl)cccc3Cl)o2)cc1. The van der Waals surface area contributed by atoms with Crippen LogP contribution in [0.1, 0.15) is 24.5 Å². The van der Waals surface area contributed by atoms with Crippen LogP contribution in [0.25, 0.3) is 11.5 Å². The monoisotopic (exact) mass is 406 g/mol. The van der Waals surface area contributed by atoms with Gasteiger partial charge in [-0.3, -0.25) is 4.79 Å². The number of carbonyl (C=O) groups excluding carboxylic acids is 1. The minimum atomic E-state index is -0.710. The molecule has 0 fully saturated rings. The van der Waals surface area contributed by atoms with Gasteiger partial charge in [0.15, 0.2) is 6.10 Å². The van der Waals surface area contributed by atoms with Gasteiger partial charge in [0.05, 0.1) is 13.5 Å². The molecule has 1 atom stereocenters. The van der Waals surface area contributed by atoms with E-state index in [2.05, 4.69) is 10.2 Å². The van der Waals surface area contributed by atoms with E-state index < -0.39 is 12.1 Å².